The summed E-state index contributed by atoms with van der Waals surface area (Å²) in [6, 6.07) is 14.6. The number of hydrogen-bond acceptors (Lipinski definition) is 4. The van der Waals surface area contributed by atoms with Crippen LogP contribution >= 0.6 is 0 Å². The Labute approximate surface area is 170 Å². The second-order valence-corrected chi connectivity index (χ2v) is 7.05. The summed E-state index contributed by atoms with van der Waals surface area (Å²) in [7, 11) is 0. The number of rotatable bonds is 13. The zero-order valence-electron chi connectivity index (χ0n) is 18.0. The SMILES string of the molecule is CCOc1cc(CNCCCN(CC)CC)ccc1OCc1cccc(C)c1. The first kappa shape index (κ1) is 22.3. The monoisotopic (exact) mass is 384 g/mol. The van der Waals surface area contributed by atoms with Crippen molar-refractivity contribution >= 4 is 0 Å². The molecular weight excluding hydrogens is 348 g/mol. The number of nitrogens with one attached hydrogen (secondary N) is 1. The highest BCUT2D eigenvalue weighted by molar-refractivity contribution is 5.43. The maximum atomic E-state index is 6.03. The lowest BCUT2D eigenvalue weighted by Gasteiger charge is -2.18. The van der Waals surface area contributed by atoms with E-state index < -0.39 is 0 Å². The topological polar surface area (TPSA) is 33.7 Å². The van der Waals surface area contributed by atoms with E-state index in [1.807, 2.05) is 13.0 Å². The molecule has 0 heterocycles. The first-order valence-electron chi connectivity index (χ1n) is 10.5. The first-order chi connectivity index (χ1) is 13.7. The zero-order valence-corrected chi connectivity index (χ0v) is 18.0. The molecule has 0 bridgehead atoms. The maximum Gasteiger partial charge on any atom is 0.161 e. The fraction of sp³-hybridized carbons (Fsp3) is 0.500. The van der Waals surface area contributed by atoms with Crippen molar-refractivity contribution < 1.29 is 9.47 Å². The molecule has 2 aromatic rings. The van der Waals surface area contributed by atoms with Gasteiger partial charge < -0.3 is 19.7 Å². The molecule has 0 spiro atoms. The molecule has 1 N–H and O–H groups in total. The summed E-state index contributed by atoms with van der Waals surface area (Å²) in [6.07, 6.45) is 1.16. The predicted octanol–water partition coefficient (Wildman–Crippen LogP) is 4.79. The highest BCUT2D eigenvalue weighted by atomic mass is 16.5. The quantitative estimate of drug-likeness (QED) is 0.503. The zero-order chi connectivity index (χ0) is 20.2. The van der Waals surface area contributed by atoms with Crippen molar-refractivity contribution in [3.63, 3.8) is 0 Å². The van der Waals surface area contributed by atoms with Crippen molar-refractivity contribution in [3.8, 4) is 11.5 Å². The third kappa shape index (κ3) is 7.53. The second-order valence-electron chi connectivity index (χ2n) is 7.05. The number of hydrogen-bond donors (Lipinski definition) is 1. The molecule has 2 rings (SSSR count). The first-order valence-corrected chi connectivity index (χ1v) is 10.5. The standard InChI is InChI=1S/C24H36N2O2/c1-5-26(6-2)15-9-14-25-18-21-12-13-23(24(17-21)27-7-3)28-19-22-11-8-10-20(4)16-22/h8,10-13,16-17,25H,5-7,9,14-15,18-19H2,1-4H3. The van der Waals surface area contributed by atoms with Crippen molar-refractivity contribution in [3.05, 3.63) is 59.2 Å². The van der Waals surface area contributed by atoms with Gasteiger partial charge in [0.05, 0.1) is 6.61 Å². The van der Waals surface area contributed by atoms with Crippen LogP contribution in [-0.4, -0.2) is 37.7 Å². The van der Waals surface area contributed by atoms with Gasteiger partial charge in [-0.05, 0) is 69.7 Å². The van der Waals surface area contributed by atoms with Crippen LogP contribution in [-0.2, 0) is 13.2 Å². The van der Waals surface area contributed by atoms with Gasteiger partial charge in [-0.3, -0.25) is 0 Å². The summed E-state index contributed by atoms with van der Waals surface area (Å²) in [5, 5.41) is 3.54. The van der Waals surface area contributed by atoms with Gasteiger partial charge in [-0.2, -0.15) is 0 Å². The third-order valence-corrected chi connectivity index (χ3v) is 4.84. The Hall–Kier alpha value is -2.04. The molecule has 0 aliphatic rings. The molecule has 0 radical (unpaired) electrons. The van der Waals surface area contributed by atoms with E-state index >= 15 is 0 Å². The van der Waals surface area contributed by atoms with Gasteiger partial charge in [-0.15, -0.1) is 0 Å². The second kappa shape index (κ2) is 12.4. The van der Waals surface area contributed by atoms with Crippen LogP contribution in [0.15, 0.2) is 42.5 Å². The van der Waals surface area contributed by atoms with E-state index in [-0.39, 0.29) is 0 Å². The van der Waals surface area contributed by atoms with Crippen LogP contribution in [0.4, 0.5) is 0 Å². The highest BCUT2D eigenvalue weighted by Crippen LogP contribution is 2.29. The summed E-state index contributed by atoms with van der Waals surface area (Å²) in [5.41, 5.74) is 3.63. The minimum atomic E-state index is 0.546. The van der Waals surface area contributed by atoms with E-state index in [1.165, 1.54) is 16.7 Å². The Balaban J connectivity index is 1.87. The number of benzene rings is 2. The lowest BCUT2D eigenvalue weighted by molar-refractivity contribution is 0.269. The van der Waals surface area contributed by atoms with Crippen LogP contribution in [0.25, 0.3) is 0 Å². The van der Waals surface area contributed by atoms with E-state index in [2.05, 4.69) is 67.4 Å². The summed E-state index contributed by atoms with van der Waals surface area (Å²) < 4.78 is 11.8. The molecule has 0 saturated carbocycles. The smallest absolute Gasteiger partial charge is 0.161 e. The summed E-state index contributed by atoms with van der Waals surface area (Å²) in [4.78, 5) is 2.45. The Morgan fingerprint density at radius 1 is 0.893 bits per heavy atom. The molecule has 0 unspecified atom stereocenters. The lowest BCUT2D eigenvalue weighted by Crippen LogP contribution is -2.27. The molecule has 0 saturated heterocycles. The van der Waals surface area contributed by atoms with Crippen molar-refractivity contribution in [2.24, 2.45) is 0 Å². The maximum absolute atomic E-state index is 6.03. The molecule has 0 fully saturated rings. The van der Waals surface area contributed by atoms with Gasteiger partial charge in [-0.1, -0.05) is 49.7 Å². The minimum absolute atomic E-state index is 0.546. The molecule has 0 aromatic heterocycles. The molecule has 0 atom stereocenters. The normalized spacial score (nSPS) is 11.0. The van der Waals surface area contributed by atoms with Crippen LogP contribution in [0.5, 0.6) is 11.5 Å². The summed E-state index contributed by atoms with van der Waals surface area (Å²) >= 11 is 0. The van der Waals surface area contributed by atoms with Gasteiger partial charge in [0.25, 0.3) is 0 Å². The van der Waals surface area contributed by atoms with E-state index in [1.54, 1.807) is 0 Å². The molecule has 0 aliphatic carbocycles. The molecule has 4 nitrogen and oxygen atoms in total. The van der Waals surface area contributed by atoms with Gasteiger partial charge in [0, 0.05) is 6.54 Å². The Bertz CT molecular complexity index is 699. The molecule has 28 heavy (non-hydrogen) atoms. The highest BCUT2D eigenvalue weighted by Gasteiger charge is 2.07. The minimum Gasteiger partial charge on any atom is -0.490 e. The van der Waals surface area contributed by atoms with E-state index in [4.69, 9.17) is 9.47 Å². The molecule has 0 aliphatic heterocycles. The average Bonchev–Trinajstić information content (AvgIpc) is 2.70. The van der Waals surface area contributed by atoms with Crippen LogP contribution in [0, 0.1) is 6.92 Å². The molecule has 2 aromatic carbocycles. The van der Waals surface area contributed by atoms with Crippen LogP contribution in [0.3, 0.4) is 0 Å². The van der Waals surface area contributed by atoms with Crippen molar-refractivity contribution in [1.82, 2.24) is 10.2 Å². The van der Waals surface area contributed by atoms with Crippen molar-refractivity contribution in [2.45, 2.75) is 47.3 Å². The Kier molecular flexibility index (Phi) is 9.87. The predicted molar refractivity (Wildman–Crippen MR) is 117 cm³/mol. The van der Waals surface area contributed by atoms with E-state index in [0.717, 1.165) is 50.6 Å². The third-order valence-electron chi connectivity index (χ3n) is 4.84. The summed E-state index contributed by atoms with van der Waals surface area (Å²) in [5.74, 6) is 1.62. The Morgan fingerprint density at radius 2 is 1.71 bits per heavy atom. The molecule has 0 amide bonds. The van der Waals surface area contributed by atoms with Crippen LogP contribution in [0.2, 0.25) is 0 Å². The summed E-state index contributed by atoms with van der Waals surface area (Å²) in [6.45, 7) is 15.0. The number of nitrogens with zero attached hydrogens (tertiary/aromatic N) is 1. The number of ether oxygens (including phenoxy) is 2. The van der Waals surface area contributed by atoms with Gasteiger partial charge in [0.15, 0.2) is 11.5 Å². The van der Waals surface area contributed by atoms with Gasteiger partial charge >= 0.3 is 0 Å². The van der Waals surface area contributed by atoms with E-state index in [9.17, 15) is 0 Å². The lowest BCUT2D eigenvalue weighted by atomic mass is 10.1. The Morgan fingerprint density at radius 3 is 2.43 bits per heavy atom. The van der Waals surface area contributed by atoms with Gasteiger partial charge in [-0.25, -0.2) is 0 Å². The fourth-order valence-electron chi connectivity index (χ4n) is 3.21. The van der Waals surface area contributed by atoms with Crippen LogP contribution < -0.4 is 14.8 Å². The molecular formula is C24H36N2O2. The number of aryl methyl sites for hydroxylation is 1. The average molecular weight is 385 g/mol. The largest absolute Gasteiger partial charge is 0.490 e. The fourth-order valence-corrected chi connectivity index (χ4v) is 3.21. The molecule has 154 valence electrons. The van der Waals surface area contributed by atoms with E-state index in [0.29, 0.717) is 13.2 Å². The van der Waals surface area contributed by atoms with Gasteiger partial charge in [0.2, 0.25) is 0 Å². The van der Waals surface area contributed by atoms with Crippen LogP contribution in [0.1, 0.15) is 43.9 Å². The molecule has 4 heteroatoms. The van der Waals surface area contributed by atoms with Crippen molar-refractivity contribution in [2.75, 3.05) is 32.8 Å². The van der Waals surface area contributed by atoms with Gasteiger partial charge in [0.1, 0.15) is 6.61 Å². The van der Waals surface area contributed by atoms with Crippen molar-refractivity contribution in [1.29, 1.82) is 0 Å².